The second-order valence-corrected chi connectivity index (χ2v) is 16.0. The molecule has 4 aliphatic rings. The van der Waals surface area contributed by atoms with Gasteiger partial charge in [0.25, 0.3) is 5.56 Å². The highest BCUT2D eigenvalue weighted by Gasteiger charge is 2.56. The van der Waals surface area contributed by atoms with Gasteiger partial charge in [-0.1, -0.05) is 26.8 Å². The van der Waals surface area contributed by atoms with Gasteiger partial charge in [0.1, 0.15) is 11.6 Å². The van der Waals surface area contributed by atoms with Crippen molar-refractivity contribution in [2.24, 2.45) is 28.2 Å². The number of anilines is 1. The number of halogens is 1. The Labute approximate surface area is 272 Å². The van der Waals surface area contributed by atoms with Crippen molar-refractivity contribution in [3.05, 3.63) is 64.5 Å². The molecule has 3 saturated carbocycles. The maximum Gasteiger partial charge on any atom is 0.261 e. The van der Waals surface area contributed by atoms with Crippen LogP contribution < -0.4 is 26.2 Å². The Morgan fingerprint density at radius 2 is 1.83 bits per heavy atom. The Kier molecular flexibility index (Phi) is 8.45. The summed E-state index contributed by atoms with van der Waals surface area (Å²) in [6.07, 6.45) is 6.32. The van der Waals surface area contributed by atoms with Crippen molar-refractivity contribution in [1.82, 2.24) is 20.2 Å². The predicted molar refractivity (Wildman–Crippen MR) is 184 cm³/mol. The Hall–Kier alpha value is -3.46. The van der Waals surface area contributed by atoms with E-state index in [-0.39, 0.29) is 34.5 Å². The van der Waals surface area contributed by atoms with Gasteiger partial charge in [0.2, 0.25) is 0 Å². The molecule has 0 spiro atoms. The van der Waals surface area contributed by atoms with Crippen LogP contribution in [0.15, 0.2) is 52.5 Å². The number of piperidine rings is 1. The van der Waals surface area contributed by atoms with E-state index in [4.69, 9.17) is 9.73 Å². The van der Waals surface area contributed by atoms with Crippen LogP contribution in [-0.2, 0) is 13.0 Å². The third kappa shape index (κ3) is 6.53. The number of benzene rings is 2. The molecular weight excluding hydrogens is 579 g/mol. The normalized spacial score (nSPS) is 26.8. The summed E-state index contributed by atoms with van der Waals surface area (Å²) >= 11 is 0. The van der Waals surface area contributed by atoms with Crippen LogP contribution in [0.2, 0.25) is 0 Å². The molecule has 2 heterocycles. The van der Waals surface area contributed by atoms with E-state index in [9.17, 15) is 9.18 Å². The summed E-state index contributed by atoms with van der Waals surface area (Å²) in [6, 6.07) is 11.0. The lowest BCUT2D eigenvalue weighted by Crippen LogP contribution is -2.62. The lowest BCUT2D eigenvalue weighted by Gasteiger charge is -2.61. The van der Waals surface area contributed by atoms with E-state index in [1.165, 1.54) is 19.6 Å². The molecule has 3 aliphatic carbocycles. The largest absolute Gasteiger partial charge is 0.497 e. The van der Waals surface area contributed by atoms with Crippen LogP contribution in [0.25, 0.3) is 10.9 Å². The van der Waals surface area contributed by atoms with Gasteiger partial charge in [0.05, 0.1) is 30.4 Å². The van der Waals surface area contributed by atoms with Gasteiger partial charge in [-0.05, 0) is 113 Å². The van der Waals surface area contributed by atoms with E-state index in [1.54, 1.807) is 23.0 Å². The number of aryl methyl sites for hydroxylation is 2. The Morgan fingerprint density at radius 3 is 2.48 bits per heavy atom. The van der Waals surface area contributed by atoms with E-state index in [0.717, 1.165) is 30.9 Å². The minimum atomic E-state index is -0.345. The lowest BCUT2D eigenvalue weighted by atomic mass is 9.45. The van der Waals surface area contributed by atoms with Gasteiger partial charge in [0.15, 0.2) is 5.96 Å². The maximum absolute atomic E-state index is 14.5. The second-order valence-electron chi connectivity index (χ2n) is 16.0. The molecule has 4 fully saturated rings. The van der Waals surface area contributed by atoms with Crippen LogP contribution in [0.3, 0.4) is 0 Å². The van der Waals surface area contributed by atoms with Crippen LogP contribution in [-0.4, -0.2) is 45.8 Å². The fraction of sp³-hybridized carbons (Fsp3) is 0.595. The molecule has 3 N–H and O–H groups in total. The number of hydrogen-bond acceptors (Lipinski definition) is 5. The van der Waals surface area contributed by atoms with E-state index < -0.39 is 0 Å². The monoisotopic (exact) mass is 630 g/mol. The molecule has 1 aliphatic heterocycles. The molecule has 0 radical (unpaired) electrons. The maximum atomic E-state index is 14.5. The average molecular weight is 631 g/mol. The zero-order valence-corrected chi connectivity index (χ0v) is 28.7. The molecule has 9 heteroatoms. The molecule has 46 heavy (non-hydrogen) atoms. The zero-order valence-electron chi connectivity index (χ0n) is 28.7. The quantitative estimate of drug-likeness (QED) is 0.203. The lowest BCUT2D eigenvalue weighted by molar-refractivity contribution is -0.108. The first-order chi connectivity index (χ1) is 21.6. The standard InChI is InChI=1S/C37H51FN6O2/c1-22-29-15-24(37(29,6)7)16-31(22)42-34(41-26-19-35(2,3)43-36(4,5)20-26)40-25-10-12-28-32(17-25)39-21-44(33(28)45)14-13-23-9-11-27(46-8)18-30(23)38/h9-12,17-18,21-22,24,26,29,31,43H,13-16,19-20H2,1-8H3,(H2,40,41,42). The van der Waals surface area contributed by atoms with Gasteiger partial charge < -0.3 is 20.7 Å². The summed E-state index contributed by atoms with van der Waals surface area (Å²) in [5.41, 5.74) is 2.23. The summed E-state index contributed by atoms with van der Waals surface area (Å²) in [6.45, 7) is 16.6. The highest BCUT2D eigenvalue weighted by Crippen LogP contribution is 2.61. The van der Waals surface area contributed by atoms with Gasteiger partial charge in [-0.15, -0.1) is 0 Å². The highest BCUT2D eigenvalue weighted by molar-refractivity contribution is 5.96. The van der Waals surface area contributed by atoms with E-state index in [1.807, 2.05) is 18.2 Å². The molecule has 4 atom stereocenters. The van der Waals surface area contributed by atoms with Gasteiger partial charge in [-0.25, -0.2) is 14.4 Å². The van der Waals surface area contributed by atoms with Crippen LogP contribution in [0, 0.1) is 29.0 Å². The second kappa shape index (κ2) is 12.0. The molecular formula is C37H51FN6O2. The summed E-state index contributed by atoms with van der Waals surface area (Å²) in [5, 5.41) is 11.7. The van der Waals surface area contributed by atoms with Crippen molar-refractivity contribution in [2.45, 2.75) is 110 Å². The number of hydrogen-bond donors (Lipinski definition) is 3. The fourth-order valence-electron chi connectivity index (χ4n) is 8.81. The van der Waals surface area contributed by atoms with Crippen molar-refractivity contribution >= 4 is 22.5 Å². The first-order valence-corrected chi connectivity index (χ1v) is 16.9. The first-order valence-electron chi connectivity index (χ1n) is 16.9. The zero-order chi connectivity index (χ0) is 33.0. The molecule has 7 rings (SSSR count). The van der Waals surface area contributed by atoms with Crippen LogP contribution in [0.4, 0.5) is 10.1 Å². The SMILES string of the molecule is COc1ccc(CCn2cnc3cc(NC(=NC4CC5CC(C4C)C5(C)C)NC4CC(C)(C)NC(C)(C)C4)ccc3c2=O)c(F)c1. The molecule has 8 nitrogen and oxygen atoms in total. The number of aromatic nitrogens is 2. The molecule has 2 aromatic carbocycles. The van der Waals surface area contributed by atoms with Crippen molar-refractivity contribution in [3.63, 3.8) is 0 Å². The van der Waals surface area contributed by atoms with Crippen molar-refractivity contribution in [1.29, 1.82) is 0 Å². The number of methoxy groups -OCH3 is 1. The first kappa shape index (κ1) is 32.5. The Bertz CT molecular complexity index is 1680. The molecule has 1 aromatic heterocycles. The number of aliphatic imine (C=N–C) groups is 1. The summed E-state index contributed by atoms with van der Waals surface area (Å²) in [5.74, 6) is 2.85. The van der Waals surface area contributed by atoms with E-state index >= 15 is 0 Å². The fourth-order valence-corrected chi connectivity index (χ4v) is 8.81. The summed E-state index contributed by atoms with van der Waals surface area (Å²) in [4.78, 5) is 23.4. The number of fused-ring (bicyclic) bond motifs is 3. The highest BCUT2D eigenvalue weighted by atomic mass is 19.1. The van der Waals surface area contributed by atoms with Crippen molar-refractivity contribution in [3.8, 4) is 5.75 Å². The number of guanidine groups is 1. The predicted octanol–water partition coefficient (Wildman–Crippen LogP) is 6.52. The van der Waals surface area contributed by atoms with Gasteiger partial charge >= 0.3 is 0 Å². The minimum Gasteiger partial charge on any atom is -0.497 e. The number of nitrogens with zero attached hydrogens (tertiary/aromatic N) is 3. The smallest absolute Gasteiger partial charge is 0.261 e. The topological polar surface area (TPSA) is 92.6 Å². The van der Waals surface area contributed by atoms with Crippen LogP contribution in [0.1, 0.15) is 79.7 Å². The van der Waals surface area contributed by atoms with Crippen molar-refractivity contribution < 1.29 is 9.13 Å². The molecule has 2 bridgehead atoms. The Balaban J connectivity index is 1.23. The van der Waals surface area contributed by atoms with Crippen LogP contribution >= 0.6 is 0 Å². The molecule has 4 unspecified atom stereocenters. The molecule has 248 valence electrons. The minimum absolute atomic E-state index is 0.000222. The van der Waals surface area contributed by atoms with E-state index in [0.29, 0.717) is 58.4 Å². The van der Waals surface area contributed by atoms with Gasteiger partial charge in [0, 0.05) is 35.4 Å². The van der Waals surface area contributed by atoms with Gasteiger partial charge in [-0.3, -0.25) is 9.36 Å². The number of ether oxygens (including phenoxy) is 1. The van der Waals surface area contributed by atoms with Crippen LogP contribution in [0.5, 0.6) is 5.75 Å². The molecule has 0 amide bonds. The summed E-state index contributed by atoms with van der Waals surface area (Å²) in [7, 11) is 1.51. The molecule has 1 saturated heterocycles. The van der Waals surface area contributed by atoms with Gasteiger partial charge in [-0.2, -0.15) is 0 Å². The summed E-state index contributed by atoms with van der Waals surface area (Å²) < 4.78 is 21.1. The third-order valence-electron chi connectivity index (χ3n) is 11.1. The van der Waals surface area contributed by atoms with E-state index in [2.05, 4.69) is 69.4 Å². The number of nitrogens with one attached hydrogen (secondary N) is 3. The molecule has 3 aromatic rings. The average Bonchev–Trinajstić information content (AvgIpc) is 2.96. The third-order valence-corrected chi connectivity index (χ3v) is 11.1. The number of rotatable bonds is 7. The van der Waals surface area contributed by atoms with Crippen molar-refractivity contribution in [2.75, 3.05) is 12.4 Å². The Morgan fingerprint density at radius 1 is 1.09 bits per heavy atom.